The molecule has 0 radical (unpaired) electrons. The van der Waals surface area contributed by atoms with E-state index >= 15 is 0 Å². The van der Waals surface area contributed by atoms with Gasteiger partial charge in [0.2, 0.25) is 0 Å². The standard InChI is InChI=1S/C11H20O2/c1-6(2)7(3)11(12)10-8-4-13-5-9(8)10/h6-12H,4-5H2,1-3H3. The predicted molar refractivity (Wildman–Crippen MR) is 51.3 cm³/mol. The van der Waals surface area contributed by atoms with E-state index in [9.17, 15) is 5.11 Å². The lowest BCUT2D eigenvalue weighted by Crippen LogP contribution is -2.27. The minimum atomic E-state index is -0.0982. The molecule has 13 heavy (non-hydrogen) atoms. The van der Waals surface area contributed by atoms with Crippen LogP contribution in [0.4, 0.5) is 0 Å². The van der Waals surface area contributed by atoms with Crippen molar-refractivity contribution in [2.45, 2.75) is 26.9 Å². The Labute approximate surface area is 80.3 Å². The zero-order valence-electron chi connectivity index (χ0n) is 8.73. The van der Waals surface area contributed by atoms with Crippen LogP contribution in [0.15, 0.2) is 0 Å². The van der Waals surface area contributed by atoms with Crippen molar-refractivity contribution in [3.05, 3.63) is 0 Å². The summed E-state index contributed by atoms with van der Waals surface area (Å²) in [6.07, 6.45) is -0.0982. The average Bonchev–Trinajstić information content (AvgIpc) is 2.56. The predicted octanol–water partition coefficient (Wildman–Crippen LogP) is 1.53. The molecule has 1 saturated heterocycles. The Kier molecular flexibility index (Phi) is 2.37. The fraction of sp³-hybridized carbons (Fsp3) is 1.00. The van der Waals surface area contributed by atoms with Crippen LogP contribution in [0.25, 0.3) is 0 Å². The fourth-order valence-corrected chi connectivity index (χ4v) is 2.54. The van der Waals surface area contributed by atoms with E-state index in [1.54, 1.807) is 0 Å². The van der Waals surface area contributed by atoms with E-state index < -0.39 is 0 Å². The number of ether oxygens (including phenoxy) is 1. The van der Waals surface area contributed by atoms with Crippen molar-refractivity contribution in [1.82, 2.24) is 0 Å². The maximum Gasteiger partial charge on any atom is 0.0603 e. The molecule has 2 nitrogen and oxygen atoms in total. The first-order valence-corrected chi connectivity index (χ1v) is 5.38. The lowest BCUT2D eigenvalue weighted by Gasteiger charge is -2.23. The zero-order valence-corrected chi connectivity index (χ0v) is 8.73. The summed E-state index contributed by atoms with van der Waals surface area (Å²) in [6.45, 7) is 8.30. The van der Waals surface area contributed by atoms with Crippen molar-refractivity contribution in [1.29, 1.82) is 0 Å². The van der Waals surface area contributed by atoms with Crippen molar-refractivity contribution >= 4 is 0 Å². The molecule has 1 heterocycles. The molecule has 4 atom stereocenters. The first-order valence-electron chi connectivity index (χ1n) is 5.38. The smallest absolute Gasteiger partial charge is 0.0603 e. The summed E-state index contributed by atoms with van der Waals surface area (Å²) in [6, 6.07) is 0. The molecule has 1 N–H and O–H groups in total. The average molecular weight is 184 g/mol. The molecule has 0 amide bonds. The second kappa shape index (κ2) is 3.25. The Balaban J connectivity index is 1.88. The van der Waals surface area contributed by atoms with Gasteiger partial charge in [-0.05, 0) is 29.6 Å². The van der Waals surface area contributed by atoms with Crippen molar-refractivity contribution < 1.29 is 9.84 Å². The summed E-state index contributed by atoms with van der Waals surface area (Å²) in [5.41, 5.74) is 0. The number of fused-ring (bicyclic) bond motifs is 1. The fourth-order valence-electron chi connectivity index (χ4n) is 2.54. The molecule has 76 valence electrons. The largest absolute Gasteiger partial charge is 0.393 e. The van der Waals surface area contributed by atoms with E-state index in [0.717, 1.165) is 13.2 Å². The van der Waals surface area contributed by atoms with Crippen LogP contribution in [0.1, 0.15) is 20.8 Å². The number of aliphatic hydroxyl groups excluding tert-OH is 1. The molecular weight excluding hydrogens is 164 g/mol. The van der Waals surface area contributed by atoms with Crippen LogP contribution in [-0.2, 0) is 4.74 Å². The summed E-state index contributed by atoms with van der Waals surface area (Å²) in [5, 5.41) is 10.1. The minimum Gasteiger partial charge on any atom is -0.393 e. The summed E-state index contributed by atoms with van der Waals surface area (Å²) < 4.78 is 5.32. The van der Waals surface area contributed by atoms with Gasteiger partial charge in [-0.1, -0.05) is 20.8 Å². The Bertz CT molecular complexity index is 181. The van der Waals surface area contributed by atoms with Crippen LogP contribution in [0.3, 0.4) is 0 Å². The normalized spacial score (nSPS) is 41.8. The van der Waals surface area contributed by atoms with Gasteiger partial charge in [0, 0.05) is 0 Å². The van der Waals surface area contributed by atoms with Crippen molar-refractivity contribution in [3.63, 3.8) is 0 Å². The van der Waals surface area contributed by atoms with E-state index in [2.05, 4.69) is 20.8 Å². The highest BCUT2D eigenvalue weighted by molar-refractivity contribution is 5.04. The minimum absolute atomic E-state index is 0.0982. The molecule has 2 fully saturated rings. The summed E-state index contributed by atoms with van der Waals surface area (Å²) >= 11 is 0. The molecule has 1 saturated carbocycles. The first-order chi connectivity index (χ1) is 6.13. The van der Waals surface area contributed by atoms with Crippen molar-refractivity contribution in [2.75, 3.05) is 13.2 Å². The highest BCUT2D eigenvalue weighted by atomic mass is 16.5. The van der Waals surface area contributed by atoms with Gasteiger partial charge in [-0.3, -0.25) is 0 Å². The molecule has 0 spiro atoms. The molecule has 0 aromatic rings. The second-order valence-electron chi connectivity index (χ2n) is 5.04. The van der Waals surface area contributed by atoms with Gasteiger partial charge in [0.25, 0.3) is 0 Å². The number of hydrogen-bond donors (Lipinski definition) is 1. The third-order valence-corrected chi connectivity index (χ3v) is 4.00. The zero-order chi connectivity index (χ0) is 9.59. The quantitative estimate of drug-likeness (QED) is 0.721. The van der Waals surface area contributed by atoms with Crippen LogP contribution in [0.5, 0.6) is 0 Å². The maximum absolute atomic E-state index is 10.1. The van der Waals surface area contributed by atoms with Crippen molar-refractivity contribution in [2.24, 2.45) is 29.6 Å². The molecule has 1 aliphatic carbocycles. The number of rotatable bonds is 3. The third-order valence-electron chi connectivity index (χ3n) is 4.00. The van der Waals surface area contributed by atoms with Gasteiger partial charge in [-0.25, -0.2) is 0 Å². The van der Waals surface area contributed by atoms with Gasteiger partial charge < -0.3 is 9.84 Å². The molecule has 4 unspecified atom stereocenters. The molecule has 0 aromatic heterocycles. The molecular formula is C11H20O2. The van der Waals surface area contributed by atoms with E-state index in [4.69, 9.17) is 4.74 Å². The number of hydrogen-bond acceptors (Lipinski definition) is 2. The lowest BCUT2D eigenvalue weighted by molar-refractivity contribution is 0.0393. The highest BCUT2D eigenvalue weighted by Crippen LogP contribution is 2.54. The van der Waals surface area contributed by atoms with E-state index in [0.29, 0.717) is 29.6 Å². The van der Waals surface area contributed by atoms with Gasteiger partial charge in [-0.15, -0.1) is 0 Å². The SMILES string of the molecule is CC(C)C(C)C(O)C1C2COCC21. The molecule has 2 aliphatic rings. The summed E-state index contributed by atoms with van der Waals surface area (Å²) in [5.74, 6) is 2.91. The molecule has 2 heteroatoms. The van der Waals surface area contributed by atoms with E-state index in [1.807, 2.05) is 0 Å². The van der Waals surface area contributed by atoms with Crippen molar-refractivity contribution in [3.8, 4) is 0 Å². The Hall–Kier alpha value is -0.0800. The van der Waals surface area contributed by atoms with Crippen LogP contribution in [-0.4, -0.2) is 24.4 Å². The Morgan fingerprint density at radius 2 is 1.69 bits per heavy atom. The van der Waals surface area contributed by atoms with Crippen LogP contribution < -0.4 is 0 Å². The molecule has 2 rings (SSSR count). The Morgan fingerprint density at radius 1 is 1.15 bits per heavy atom. The van der Waals surface area contributed by atoms with E-state index in [-0.39, 0.29) is 6.10 Å². The third kappa shape index (κ3) is 1.50. The van der Waals surface area contributed by atoms with Gasteiger partial charge in [0.1, 0.15) is 0 Å². The van der Waals surface area contributed by atoms with Crippen LogP contribution in [0, 0.1) is 29.6 Å². The monoisotopic (exact) mass is 184 g/mol. The van der Waals surface area contributed by atoms with Gasteiger partial charge >= 0.3 is 0 Å². The lowest BCUT2D eigenvalue weighted by atomic mass is 9.88. The highest BCUT2D eigenvalue weighted by Gasteiger charge is 2.57. The van der Waals surface area contributed by atoms with Gasteiger partial charge in [0.05, 0.1) is 19.3 Å². The summed E-state index contributed by atoms with van der Waals surface area (Å²) in [4.78, 5) is 0. The van der Waals surface area contributed by atoms with Crippen LogP contribution in [0.2, 0.25) is 0 Å². The summed E-state index contributed by atoms with van der Waals surface area (Å²) in [7, 11) is 0. The van der Waals surface area contributed by atoms with Gasteiger partial charge in [-0.2, -0.15) is 0 Å². The topological polar surface area (TPSA) is 29.5 Å². The van der Waals surface area contributed by atoms with Gasteiger partial charge in [0.15, 0.2) is 0 Å². The second-order valence-corrected chi connectivity index (χ2v) is 5.04. The van der Waals surface area contributed by atoms with E-state index in [1.165, 1.54) is 0 Å². The molecule has 0 bridgehead atoms. The first kappa shape index (κ1) is 9.47. The maximum atomic E-state index is 10.1. The number of aliphatic hydroxyl groups is 1. The van der Waals surface area contributed by atoms with Crippen LogP contribution >= 0.6 is 0 Å². The Morgan fingerprint density at radius 3 is 2.15 bits per heavy atom. The molecule has 1 aliphatic heterocycles. The molecule has 0 aromatic carbocycles.